The van der Waals surface area contributed by atoms with Crippen LogP contribution in [-0.2, 0) is 0 Å². The molecule has 1 atom stereocenters. The molecule has 0 aliphatic heterocycles. The Hall–Kier alpha value is -1.39. The fourth-order valence-electron chi connectivity index (χ4n) is 1.82. The monoisotopic (exact) mass is 212 g/mol. The summed E-state index contributed by atoms with van der Waals surface area (Å²) in [5, 5.41) is 0. The summed E-state index contributed by atoms with van der Waals surface area (Å²) in [4.78, 5) is 18.3. The first-order valence-electron chi connectivity index (χ1n) is 4.77. The molecule has 0 saturated heterocycles. The van der Waals surface area contributed by atoms with E-state index in [0.29, 0.717) is 18.5 Å². The minimum Gasteiger partial charge on any atom is -0.296 e. The standard InChI is InChI=1S/C10H10F2N2O/c11-10(12)3-1-7(5-10)9-13-4-2-8(6-15)14-9/h2,4,6-7H,1,3,5H2. The number of aldehydes is 1. The van der Waals surface area contributed by atoms with E-state index in [4.69, 9.17) is 0 Å². The average Bonchev–Trinajstić information content (AvgIpc) is 2.59. The second kappa shape index (κ2) is 3.64. The summed E-state index contributed by atoms with van der Waals surface area (Å²) < 4.78 is 25.9. The van der Waals surface area contributed by atoms with Gasteiger partial charge in [0.1, 0.15) is 11.5 Å². The van der Waals surface area contributed by atoms with Crippen molar-refractivity contribution in [1.29, 1.82) is 0 Å². The van der Waals surface area contributed by atoms with Gasteiger partial charge in [-0.15, -0.1) is 0 Å². The summed E-state index contributed by atoms with van der Waals surface area (Å²) in [5.41, 5.74) is 0.246. The number of carbonyl (C=O) groups is 1. The quantitative estimate of drug-likeness (QED) is 0.706. The number of aromatic nitrogens is 2. The summed E-state index contributed by atoms with van der Waals surface area (Å²) in [6.07, 6.45) is 2.08. The zero-order valence-electron chi connectivity index (χ0n) is 7.99. The highest BCUT2D eigenvalue weighted by Crippen LogP contribution is 2.42. The molecule has 0 radical (unpaired) electrons. The van der Waals surface area contributed by atoms with E-state index in [9.17, 15) is 13.6 Å². The lowest BCUT2D eigenvalue weighted by Gasteiger charge is -2.09. The van der Waals surface area contributed by atoms with Crippen LogP contribution in [0.5, 0.6) is 0 Å². The molecule has 0 N–H and O–H groups in total. The van der Waals surface area contributed by atoms with Gasteiger partial charge in [0.15, 0.2) is 6.29 Å². The molecule has 1 heterocycles. The number of carbonyl (C=O) groups excluding carboxylic acids is 1. The first-order valence-corrected chi connectivity index (χ1v) is 4.77. The minimum absolute atomic E-state index is 0.119. The maximum absolute atomic E-state index is 12.9. The lowest BCUT2D eigenvalue weighted by atomic mass is 10.1. The van der Waals surface area contributed by atoms with E-state index < -0.39 is 5.92 Å². The van der Waals surface area contributed by atoms with Crippen molar-refractivity contribution in [2.45, 2.75) is 31.1 Å². The Kier molecular flexibility index (Phi) is 2.46. The number of hydrogen-bond acceptors (Lipinski definition) is 3. The largest absolute Gasteiger partial charge is 0.296 e. The van der Waals surface area contributed by atoms with Crippen LogP contribution in [0.2, 0.25) is 0 Å². The Labute approximate surface area is 85.5 Å². The van der Waals surface area contributed by atoms with Gasteiger partial charge >= 0.3 is 0 Å². The molecule has 1 saturated carbocycles. The minimum atomic E-state index is -2.61. The van der Waals surface area contributed by atoms with Crippen molar-refractivity contribution >= 4 is 6.29 Å². The lowest BCUT2D eigenvalue weighted by molar-refractivity contribution is 0.00754. The summed E-state index contributed by atoms with van der Waals surface area (Å²) in [5.74, 6) is -2.57. The van der Waals surface area contributed by atoms with E-state index in [0.717, 1.165) is 0 Å². The summed E-state index contributed by atoms with van der Waals surface area (Å²) in [6.45, 7) is 0. The van der Waals surface area contributed by atoms with Crippen LogP contribution in [0.4, 0.5) is 8.78 Å². The summed E-state index contributed by atoms with van der Waals surface area (Å²) in [6, 6.07) is 1.46. The second-order valence-corrected chi connectivity index (χ2v) is 3.75. The zero-order chi connectivity index (χ0) is 10.9. The highest BCUT2D eigenvalue weighted by molar-refractivity contribution is 5.71. The van der Waals surface area contributed by atoms with Crippen molar-refractivity contribution < 1.29 is 13.6 Å². The van der Waals surface area contributed by atoms with Crippen molar-refractivity contribution in [3.8, 4) is 0 Å². The second-order valence-electron chi connectivity index (χ2n) is 3.75. The van der Waals surface area contributed by atoms with Gasteiger partial charge in [-0.05, 0) is 12.5 Å². The molecule has 1 aliphatic carbocycles. The zero-order valence-corrected chi connectivity index (χ0v) is 7.99. The van der Waals surface area contributed by atoms with Gasteiger partial charge in [-0.3, -0.25) is 4.79 Å². The third kappa shape index (κ3) is 2.16. The number of hydrogen-bond donors (Lipinski definition) is 0. The van der Waals surface area contributed by atoms with E-state index in [1.54, 1.807) is 0 Å². The van der Waals surface area contributed by atoms with Gasteiger partial charge in [-0.25, -0.2) is 18.7 Å². The molecule has 15 heavy (non-hydrogen) atoms. The Morgan fingerprint density at radius 2 is 2.33 bits per heavy atom. The maximum Gasteiger partial charge on any atom is 0.248 e. The van der Waals surface area contributed by atoms with Crippen LogP contribution in [0.3, 0.4) is 0 Å². The molecule has 1 aliphatic rings. The summed E-state index contributed by atoms with van der Waals surface area (Å²) >= 11 is 0. The molecule has 0 aromatic carbocycles. The van der Waals surface area contributed by atoms with Gasteiger partial charge in [0.25, 0.3) is 0 Å². The molecule has 1 fully saturated rings. The van der Waals surface area contributed by atoms with Crippen molar-refractivity contribution in [1.82, 2.24) is 9.97 Å². The van der Waals surface area contributed by atoms with E-state index in [1.807, 2.05) is 0 Å². The smallest absolute Gasteiger partial charge is 0.248 e. The molecule has 1 aromatic heterocycles. The molecule has 1 aromatic rings. The van der Waals surface area contributed by atoms with Gasteiger partial charge in [0.2, 0.25) is 5.92 Å². The SMILES string of the molecule is O=Cc1ccnc(C2CCC(F)(F)C2)n1. The van der Waals surface area contributed by atoms with Gasteiger partial charge in [-0.1, -0.05) is 0 Å². The maximum atomic E-state index is 12.9. The highest BCUT2D eigenvalue weighted by atomic mass is 19.3. The van der Waals surface area contributed by atoms with Gasteiger partial charge in [0.05, 0.1) is 0 Å². The molecule has 0 amide bonds. The van der Waals surface area contributed by atoms with Crippen LogP contribution in [0.25, 0.3) is 0 Å². The lowest BCUT2D eigenvalue weighted by Crippen LogP contribution is -2.10. The molecular formula is C10H10F2N2O. The van der Waals surface area contributed by atoms with Crippen LogP contribution < -0.4 is 0 Å². The molecule has 1 unspecified atom stereocenters. The number of nitrogens with zero attached hydrogens (tertiary/aromatic N) is 2. The average molecular weight is 212 g/mol. The van der Waals surface area contributed by atoms with Crippen molar-refractivity contribution in [3.05, 3.63) is 23.8 Å². The van der Waals surface area contributed by atoms with E-state index in [1.165, 1.54) is 12.3 Å². The predicted molar refractivity (Wildman–Crippen MR) is 49.0 cm³/mol. The van der Waals surface area contributed by atoms with Crippen LogP contribution in [0, 0.1) is 0 Å². The van der Waals surface area contributed by atoms with E-state index in [2.05, 4.69) is 9.97 Å². The molecule has 0 bridgehead atoms. The number of alkyl halides is 2. The molecule has 0 spiro atoms. The topological polar surface area (TPSA) is 42.9 Å². The molecule has 3 nitrogen and oxygen atoms in total. The van der Waals surface area contributed by atoms with Gasteiger partial charge < -0.3 is 0 Å². The third-order valence-electron chi connectivity index (χ3n) is 2.59. The van der Waals surface area contributed by atoms with Crippen molar-refractivity contribution in [2.75, 3.05) is 0 Å². The normalized spacial score (nSPS) is 24.0. The van der Waals surface area contributed by atoms with Crippen molar-refractivity contribution in [3.63, 3.8) is 0 Å². The Balaban J connectivity index is 2.20. The van der Waals surface area contributed by atoms with Crippen LogP contribution in [0.1, 0.15) is 41.5 Å². The molecule has 80 valence electrons. The van der Waals surface area contributed by atoms with E-state index >= 15 is 0 Å². The first-order chi connectivity index (χ1) is 7.11. The fraction of sp³-hybridized carbons (Fsp3) is 0.500. The third-order valence-corrected chi connectivity index (χ3v) is 2.59. The Morgan fingerprint density at radius 3 is 2.93 bits per heavy atom. The Bertz CT molecular complexity index is 381. The molecule has 2 rings (SSSR count). The van der Waals surface area contributed by atoms with E-state index in [-0.39, 0.29) is 24.5 Å². The van der Waals surface area contributed by atoms with Gasteiger partial charge in [-0.2, -0.15) is 0 Å². The van der Waals surface area contributed by atoms with Gasteiger partial charge in [0, 0.05) is 25.0 Å². The highest BCUT2D eigenvalue weighted by Gasteiger charge is 2.41. The predicted octanol–water partition coefficient (Wildman–Crippen LogP) is 2.19. The fourth-order valence-corrected chi connectivity index (χ4v) is 1.82. The Morgan fingerprint density at radius 1 is 1.53 bits per heavy atom. The summed E-state index contributed by atoms with van der Waals surface area (Å²) in [7, 11) is 0. The van der Waals surface area contributed by atoms with Crippen LogP contribution in [0.15, 0.2) is 12.3 Å². The number of halogens is 2. The molecule has 5 heteroatoms. The van der Waals surface area contributed by atoms with Crippen LogP contribution in [-0.4, -0.2) is 22.2 Å². The van der Waals surface area contributed by atoms with Crippen LogP contribution >= 0.6 is 0 Å². The molecular weight excluding hydrogens is 202 g/mol. The first kappa shape index (κ1) is 10.1. The number of rotatable bonds is 2. The van der Waals surface area contributed by atoms with Crippen molar-refractivity contribution in [2.24, 2.45) is 0 Å².